The molecule has 0 fully saturated rings. The highest BCUT2D eigenvalue weighted by atomic mass is 127. The van der Waals surface area contributed by atoms with E-state index >= 15 is 0 Å². The average molecular weight is 394 g/mol. The Bertz CT molecular complexity index is 480. The molecule has 0 heterocycles. The van der Waals surface area contributed by atoms with E-state index in [1.165, 1.54) is 12.1 Å². The van der Waals surface area contributed by atoms with Gasteiger partial charge in [-0.25, -0.2) is 4.39 Å². The molecule has 1 aromatic rings. The van der Waals surface area contributed by atoms with Crippen molar-refractivity contribution in [3.8, 4) is 0 Å². The van der Waals surface area contributed by atoms with E-state index in [4.69, 9.17) is 0 Å². The molecule has 6 heteroatoms. The van der Waals surface area contributed by atoms with E-state index in [0.717, 1.165) is 13.0 Å². The van der Waals surface area contributed by atoms with E-state index in [-0.39, 0.29) is 15.3 Å². The van der Waals surface area contributed by atoms with Crippen molar-refractivity contribution in [1.82, 2.24) is 5.32 Å². The molecule has 0 saturated carbocycles. The van der Waals surface area contributed by atoms with Crippen LogP contribution in [0.3, 0.4) is 0 Å². The van der Waals surface area contributed by atoms with Gasteiger partial charge in [0.15, 0.2) is 0 Å². The number of benzene rings is 1. The molecule has 20 heavy (non-hydrogen) atoms. The van der Waals surface area contributed by atoms with Crippen molar-refractivity contribution >= 4 is 28.3 Å². The molecule has 112 valence electrons. The zero-order chi connectivity index (χ0) is 15.3. The van der Waals surface area contributed by atoms with E-state index in [2.05, 4.69) is 26.1 Å². The van der Waals surface area contributed by atoms with E-state index in [9.17, 15) is 14.5 Å². The Hall–Kier alpha value is -0.760. The number of nitrogens with zero attached hydrogens (tertiary/aromatic N) is 1. The zero-order valence-electron chi connectivity index (χ0n) is 12.0. The van der Waals surface area contributed by atoms with Gasteiger partial charge in [-0.1, -0.05) is 20.8 Å². The highest BCUT2D eigenvalue weighted by Gasteiger charge is 2.22. The normalized spacial score (nSPS) is 12.7. The van der Waals surface area contributed by atoms with Crippen molar-refractivity contribution in [2.45, 2.75) is 39.7 Å². The van der Waals surface area contributed by atoms with Crippen LogP contribution >= 0.6 is 22.6 Å². The highest BCUT2D eigenvalue weighted by molar-refractivity contribution is 14.1. The maximum atomic E-state index is 13.7. The molecule has 1 unspecified atom stereocenters. The lowest BCUT2D eigenvalue weighted by Gasteiger charge is -2.22. The zero-order valence-corrected chi connectivity index (χ0v) is 14.1. The minimum Gasteiger partial charge on any atom is -0.313 e. The lowest BCUT2D eigenvalue weighted by Crippen LogP contribution is -2.36. The molecule has 1 aromatic carbocycles. The Kier molecular flexibility index (Phi) is 6.81. The number of halogens is 2. The second-order valence-corrected chi connectivity index (χ2v) is 6.32. The molecule has 4 nitrogen and oxygen atoms in total. The molecule has 0 saturated heterocycles. The first-order valence-electron chi connectivity index (χ1n) is 6.72. The molecule has 0 aliphatic heterocycles. The van der Waals surface area contributed by atoms with E-state index in [0.29, 0.717) is 17.9 Å². The monoisotopic (exact) mass is 394 g/mol. The number of hydrogen-bond acceptors (Lipinski definition) is 3. The maximum absolute atomic E-state index is 13.7. The third-order valence-electron chi connectivity index (χ3n) is 3.22. The molecule has 1 atom stereocenters. The lowest BCUT2D eigenvalue weighted by atomic mass is 9.95. The van der Waals surface area contributed by atoms with Crippen LogP contribution in [-0.2, 0) is 6.42 Å². The highest BCUT2D eigenvalue weighted by Crippen LogP contribution is 2.26. The van der Waals surface area contributed by atoms with E-state index in [1.807, 2.05) is 0 Å². The van der Waals surface area contributed by atoms with Gasteiger partial charge >= 0.3 is 0 Å². The first-order valence-corrected chi connectivity index (χ1v) is 7.80. The van der Waals surface area contributed by atoms with Crippen LogP contribution < -0.4 is 5.32 Å². The Morgan fingerprint density at radius 3 is 2.60 bits per heavy atom. The van der Waals surface area contributed by atoms with Gasteiger partial charge in [-0.15, -0.1) is 0 Å². The van der Waals surface area contributed by atoms with Gasteiger partial charge in [0, 0.05) is 17.7 Å². The molecule has 0 spiro atoms. The first kappa shape index (κ1) is 17.3. The second kappa shape index (κ2) is 7.87. The summed E-state index contributed by atoms with van der Waals surface area (Å²) in [6, 6.07) is 2.71. The summed E-state index contributed by atoms with van der Waals surface area (Å²) in [4.78, 5) is 10.7. The van der Waals surface area contributed by atoms with Crippen LogP contribution in [0.5, 0.6) is 0 Å². The quantitative estimate of drug-likeness (QED) is 0.434. The topological polar surface area (TPSA) is 55.2 Å². The van der Waals surface area contributed by atoms with Crippen LogP contribution in [0.1, 0.15) is 32.8 Å². The number of nitrogens with one attached hydrogen (secondary N) is 1. The summed E-state index contributed by atoms with van der Waals surface area (Å²) in [5.41, 5.74) is 0.454. The summed E-state index contributed by atoms with van der Waals surface area (Å²) in [6.07, 6.45) is 1.45. The number of hydrogen-bond donors (Lipinski definition) is 1. The summed E-state index contributed by atoms with van der Waals surface area (Å²) in [5, 5.41) is 14.5. The van der Waals surface area contributed by atoms with Gasteiger partial charge < -0.3 is 5.32 Å². The SMILES string of the molecule is CCCNC(Cc1cc(F)c(I)cc1[N+](=O)[O-])C(C)C. The van der Waals surface area contributed by atoms with Crippen molar-refractivity contribution < 1.29 is 9.31 Å². The third kappa shape index (κ3) is 4.66. The second-order valence-electron chi connectivity index (χ2n) is 5.16. The number of nitro groups is 1. The van der Waals surface area contributed by atoms with Crippen molar-refractivity contribution in [3.05, 3.63) is 37.2 Å². The fourth-order valence-electron chi connectivity index (χ4n) is 2.02. The predicted molar refractivity (Wildman–Crippen MR) is 86.4 cm³/mol. The predicted octanol–water partition coefficient (Wildman–Crippen LogP) is 3.91. The standard InChI is InChI=1S/C14H20FIN2O2/c1-4-5-17-13(9(2)3)7-10-6-11(15)12(16)8-14(10)18(19)20/h6,8-9,13,17H,4-5,7H2,1-3H3. The Morgan fingerprint density at radius 1 is 1.45 bits per heavy atom. The molecular formula is C14H20FIN2O2. The molecule has 1 N–H and O–H groups in total. The Morgan fingerprint density at radius 2 is 2.10 bits per heavy atom. The number of rotatable bonds is 7. The molecular weight excluding hydrogens is 374 g/mol. The molecule has 0 amide bonds. The van der Waals surface area contributed by atoms with Gasteiger partial charge in [0.1, 0.15) is 5.82 Å². The van der Waals surface area contributed by atoms with Crippen molar-refractivity contribution in [1.29, 1.82) is 0 Å². The molecule has 0 aliphatic rings. The maximum Gasteiger partial charge on any atom is 0.273 e. The fourth-order valence-corrected chi connectivity index (χ4v) is 2.47. The van der Waals surface area contributed by atoms with Gasteiger partial charge in [-0.3, -0.25) is 10.1 Å². The summed E-state index contributed by atoms with van der Waals surface area (Å²) >= 11 is 1.77. The minimum atomic E-state index is -0.436. The molecule has 0 aliphatic carbocycles. The Labute approximate surface area is 132 Å². The summed E-state index contributed by atoms with van der Waals surface area (Å²) in [6.45, 7) is 7.03. The van der Waals surface area contributed by atoms with Gasteiger partial charge in [-0.05, 0) is 54.0 Å². The first-order chi connectivity index (χ1) is 9.36. The van der Waals surface area contributed by atoms with Gasteiger partial charge in [-0.2, -0.15) is 0 Å². The van der Waals surface area contributed by atoms with Gasteiger partial charge in [0.25, 0.3) is 5.69 Å². The van der Waals surface area contributed by atoms with E-state index < -0.39 is 10.7 Å². The van der Waals surface area contributed by atoms with Gasteiger partial charge in [0.05, 0.1) is 8.49 Å². The largest absolute Gasteiger partial charge is 0.313 e. The number of nitro benzene ring substituents is 1. The Balaban J connectivity index is 3.04. The minimum absolute atomic E-state index is 0.000233. The smallest absolute Gasteiger partial charge is 0.273 e. The van der Waals surface area contributed by atoms with E-state index in [1.54, 1.807) is 22.6 Å². The molecule has 0 aromatic heterocycles. The summed E-state index contributed by atoms with van der Waals surface area (Å²) < 4.78 is 14.0. The third-order valence-corrected chi connectivity index (χ3v) is 4.05. The van der Waals surface area contributed by atoms with Crippen LogP contribution in [0.15, 0.2) is 12.1 Å². The van der Waals surface area contributed by atoms with Crippen LogP contribution in [-0.4, -0.2) is 17.5 Å². The van der Waals surface area contributed by atoms with Gasteiger partial charge in [0.2, 0.25) is 0 Å². The van der Waals surface area contributed by atoms with Crippen LogP contribution in [0.25, 0.3) is 0 Å². The fraction of sp³-hybridized carbons (Fsp3) is 0.571. The molecule has 1 rings (SSSR count). The summed E-state index contributed by atoms with van der Waals surface area (Å²) in [5.74, 6) is -0.0762. The van der Waals surface area contributed by atoms with Crippen molar-refractivity contribution in [3.63, 3.8) is 0 Å². The molecule has 0 bridgehead atoms. The van der Waals surface area contributed by atoms with Crippen molar-refractivity contribution in [2.24, 2.45) is 5.92 Å². The van der Waals surface area contributed by atoms with Crippen molar-refractivity contribution in [2.75, 3.05) is 6.54 Å². The lowest BCUT2D eigenvalue weighted by molar-refractivity contribution is -0.385. The summed E-state index contributed by atoms with van der Waals surface area (Å²) in [7, 11) is 0. The molecule has 0 radical (unpaired) electrons. The van der Waals surface area contributed by atoms with Crippen LogP contribution in [0.4, 0.5) is 10.1 Å². The average Bonchev–Trinajstić information content (AvgIpc) is 2.37. The van der Waals surface area contributed by atoms with Crippen LogP contribution in [0.2, 0.25) is 0 Å². The van der Waals surface area contributed by atoms with Crippen LogP contribution in [0, 0.1) is 25.4 Å².